The Balaban J connectivity index is 2.04. The molecule has 6 heteroatoms. The highest BCUT2D eigenvalue weighted by Gasteiger charge is 2.46. The van der Waals surface area contributed by atoms with Gasteiger partial charge in [0.15, 0.2) is 0 Å². The van der Waals surface area contributed by atoms with Gasteiger partial charge < -0.3 is 9.73 Å². The lowest BCUT2D eigenvalue weighted by Gasteiger charge is -2.19. The number of imide groups is 1. The fourth-order valence-electron chi connectivity index (χ4n) is 1.87. The highest BCUT2D eigenvalue weighted by atomic mass is 16.3. The summed E-state index contributed by atoms with van der Waals surface area (Å²) in [6, 6.07) is 3.16. The molecule has 3 N–H and O–H groups in total. The van der Waals surface area contributed by atoms with Crippen molar-refractivity contribution >= 4 is 11.9 Å². The Bertz CT molecular complexity index is 468. The molecular weight excluding hydrogens is 222 g/mol. The van der Waals surface area contributed by atoms with Crippen LogP contribution in [0, 0.1) is 6.92 Å². The molecule has 1 aliphatic rings. The van der Waals surface area contributed by atoms with Gasteiger partial charge in [-0.05, 0) is 32.4 Å². The smallest absolute Gasteiger partial charge is 0.339 e. The fourth-order valence-corrected chi connectivity index (χ4v) is 1.87. The van der Waals surface area contributed by atoms with Crippen LogP contribution in [0.25, 0.3) is 0 Å². The Hall–Kier alpha value is -1.82. The average molecular weight is 237 g/mol. The van der Waals surface area contributed by atoms with E-state index in [0.717, 1.165) is 11.5 Å². The molecule has 92 valence electrons. The maximum Gasteiger partial charge on any atom is 0.339 e. The van der Waals surface area contributed by atoms with Crippen LogP contribution >= 0.6 is 0 Å². The first-order valence-corrected chi connectivity index (χ1v) is 5.39. The molecule has 3 amide bonds. The first-order chi connectivity index (χ1) is 7.92. The number of carbonyl (C=O) groups excluding carboxylic acids is 2. The summed E-state index contributed by atoms with van der Waals surface area (Å²) >= 11 is 0. The molecule has 0 spiro atoms. The molecule has 17 heavy (non-hydrogen) atoms. The minimum Gasteiger partial charge on any atom is -0.466 e. The number of nitrogens with two attached hydrogens (primary N) is 1. The standard InChI is InChI=1S/C11H15N3O3/c1-7-3-4-8(17-7)5-6-11(2)9(15)14(12)10(16)13-11/h3-4H,5-6,12H2,1-2H3,(H,13,16). The van der Waals surface area contributed by atoms with Crippen LogP contribution in [-0.2, 0) is 11.2 Å². The third kappa shape index (κ3) is 2.03. The molecule has 1 fully saturated rings. The minimum atomic E-state index is -0.938. The molecule has 1 saturated heterocycles. The molecule has 1 atom stereocenters. The van der Waals surface area contributed by atoms with Crippen LogP contribution in [0.5, 0.6) is 0 Å². The molecule has 0 saturated carbocycles. The Morgan fingerprint density at radius 2 is 2.18 bits per heavy atom. The summed E-state index contributed by atoms with van der Waals surface area (Å²) < 4.78 is 5.41. The lowest BCUT2D eigenvalue weighted by molar-refractivity contribution is -0.131. The first-order valence-electron chi connectivity index (χ1n) is 5.39. The summed E-state index contributed by atoms with van der Waals surface area (Å²) in [5.41, 5.74) is -0.938. The summed E-state index contributed by atoms with van der Waals surface area (Å²) in [6.45, 7) is 3.52. The van der Waals surface area contributed by atoms with Crippen LogP contribution in [0.4, 0.5) is 4.79 Å². The number of nitrogens with one attached hydrogen (secondary N) is 1. The number of furan rings is 1. The molecule has 1 aliphatic heterocycles. The Morgan fingerprint density at radius 3 is 2.65 bits per heavy atom. The number of amides is 3. The number of hydrogen-bond acceptors (Lipinski definition) is 4. The highest BCUT2D eigenvalue weighted by Crippen LogP contribution is 2.21. The van der Waals surface area contributed by atoms with E-state index in [9.17, 15) is 9.59 Å². The van der Waals surface area contributed by atoms with E-state index in [0.29, 0.717) is 17.9 Å². The van der Waals surface area contributed by atoms with E-state index in [-0.39, 0.29) is 0 Å². The van der Waals surface area contributed by atoms with Gasteiger partial charge in [-0.1, -0.05) is 0 Å². The molecule has 1 aromatic rings. The summed E-state index contributed by atoms with van der Waals surface area (Å²) in [5.74, 6) is 6.53. The summed E-state index contributed by atoms with van der Waals surface area (Å²) in [6.07, 6.45) is 1.03. The predicted octanol–water partition coefficient (Wildman–Crippen LogP) is 0.705. The number of carbonyl (C=O) groups is 2. The lowest BCUT2D eigenvalue weighted by Crippen LogP contribution is -2.45. The normalized spacial score (nSPS) is 24.3. The van der Waals surface area contributed by atoms with Crippen LogP contribution in [0.1, 0.15) is 24.9 Å². The number of aryl methyl sites for hydroxylation is 2. The monoisotopic (exact) mass is 237 g/mol. The van der Waals surface area contributed by atoms with Crippen LogP contribution in [0.3, 0.4) is 0 Å². The number of urea groups is 1. The summed E-state index contributed by atoms with van der Waals surface area (Å²) in [5, 5.41) is 3.20. The second kappa shape index (κ2) is 3.89. The third-order valence-electron chi connectivity index (χ3n) is 2.96. The first kappa shape index (κ1) is 11.7. The van der Waals surface area contributed by atoms with Gasteiger partial charge in [-0.15, -0.1) is 0 Å². The van der Waals surface area contributed by atoms with Crippen molar-refractivity contribution in [2.45, 2.75) is 32.2 Å². The van der Waals surface area contributed by atoms with Gasteiger partial charge in [-0.25, -0.2) is 10.6 Å². The summed E-state index contributed by atoms with van der Waals surface area (Å²) in [7, 11) is 0. The molecule has 0 radical (unpaired) electrons. The van der Waals surface area contributed by atoms with Crippen molar-refractivity contribution in [2.24, 2.45) is 5.84 Å². The highest BCUT2D eigenvalue weighted by molar-refractivity contribution is 6.06. The third-order valence-corrected chi connectivity index (χ3v) is 2.96. The van der Waals surface area contributed by atoms with E-state index in [1.807, 2.05) is 19.1 Å². The van der Waals surface area contributed by atoms with Crippen molar-refractivity contribution in [1.82, 2.24) is 10.3 Å². The molecule has 2 rings (SSSR count). The van der Waals surface area contributed by atoms with Gasteiger partial charge in [-0.2, -0.15) is 5.01 Å². The van der Waals surface area contributed by atoms with Gasteiger partial charge in [0, 0.05) is 6.42 Å². The maximum atomic E-state index is 11.8. The van der Waals surface area contributed by atoms with Crippen LogP contribution in [0.15, 0.2) is 16.5 Å². The van der Waals surface area contributed by atoms with E-state index in [2.05, 4.69) is 5.32 Å². The quantitative estimate of drug-likeness (QED) is 0.460. The minimum absolute atomic E-state index is 0.411. The van der Waals surface area contributed by atoms with Crippen molar-refractivity contribution in [3.05, 3.63) is 23.7 Å². The second-order valence-electron chi connectivity index (χ2n) is 4.45. The van der Waals surface area contributed by atoms with Crippen molar-refractivity contribution < 1.29 is 14.0 Å². The van der Waals surface area contributed by atoms with Gasteiger partial charge >= 0.3 is 6.03 Å². The largest absolute Gasteiger partial charge is 0.466 e. The topological polar surface area (TPSA) is 88.6 Å². The SMILES string of the molecule is Cc1ccc(CCC2(C)NC(=O)N(N)C2=O)o1. The van der Waals surface area contributed by atoms with E-state index in [1.54, 1.807) is 6.92 Å². The number of rotatable bonds is 3. The van der Waals surface area contributed by atoms with Crippen LogP contribution in [-0.4, -0.2) is 22.5 Å². The molecule has 1 aromatic heterocycles. The van der Waals surface area contributed by atoms with Crippen LogP contribution < -0.4 is 11.2 Å². The van der Waals surface area contributed by atoms with Gasteiger partial charge in [-0.3, -0.25) is 4.79 Å². The molecule has 1 unspecified atom stereocenters. The average Bonchev–Trinajstić information content (AvgIpc) is 2.77. The van der Waals surface area contributed by atoms with Gasteiger partial charge in [0.1, 0.15) is 17.1 Å². The zero-order valence-corrected chi connectivity index (χ0v) is 9.82. The van der Waals surface area contributed by atoms with Crippen molar-refractivity contribution in [3.63, 3.8) is 0 Å². The number of nitrogens with zero attached hydrogens (tertiary/aromatic N) is 1. The van der Waals surface area contributed by atoms with Crippen molar-refractivity contribution in [2.75, 3.05) is 0 Å². The molecule has 0 aromatic carbocycles. The Labute approximate surface area is 98.7 Å². The molecule has 0 bridgehead atoms. The zero-order chi connectivity index (χ0) is 12.6. The lowest BCUT2D eigenvalue weighted by atomic mass is 9.95. The number of hydrazine groups is 1. The van der Waals surface area contributed by atoms with Gasteiger partial charge in [0.25, 0.3) is 5.91 Å². The van der Waals surface area contributed by atoms with E-state index < -0.39 is 17.5 Å². The van der Waals surface area contributed by atoms with E-state index in [4.69, 9.17) is 10.3 Å². The fraction of sp³-hybridized carbons (Fsp3) is 0.455. The number of hydrogen-bond donors (Lipinski definition) is 2. The molecular formula is C11H15N3O3. The zero-order valence-electron chi connectivity index (χ0n) is 9.82. The molecule has 2 heterocycles. The van der Waals surface area contributed by atoms with Crippen molar-refractivity contribution in [1.29, 1.82) is 0 Å². The van der Waals surface area contributed by atoms with Gasteiger partial charge in [0.05, 0.1) is 0 Å². The maximum absolute atomic E-state index is 11.8. The van der Waals surface area contributed by atoms with Crippen molar-refractivity contribution in [3.8, 4) is 0 Å². The molecule has 6 nitrogen and oxygen atoms in total. The van der Waals surface area contributed by atoms with Gasteiger partial charge in [0.2, 0.25) is 0 Å². The Kier molecular flexibility index (Phi) is 2.66. The summed E-state index contributed by atoms with van der Waals surface area (Å²) in [4.78, 5) is 23.0. The second-order valence-corrected chi connectivity index (χ2v) is 4.45. The Morgan fingerprint density at radius 1 is 1.47 bits per heavy atom. The molecule has 0 aliphatic carbocycles. The predicted molar refractivity (Wildman–Crippen MR) is 59.7 cm³/mol. The van der Waals surface area contributed by atoms with E-state index in [1.165, 1.54) is 0 Å². The van der Waals surface area contributed by atoms with E-state index >= 15 is 0 Å². The van der Waals surface area contributed by atoms with Crippen LogP contribution in [0.2, 0.25) is 0 Å².